The molecule has 1 aliphatic heterocycles. The number of nitrogens with zero attached hydrogens (tertiary/aromatic N) is 2. The van der Waals surface area contributed by atoms with Crippen molar-refractivity contribution in [2.75, 3.05) is 18.6 Å². The number of rotatable bonds is 5. The van der Waals surface area contributed by atoms with E-state index in [0.29, 0.717) is 18.8 Å². The Kier molecular flexibility index (Phi) is 4.92. The normalized spacial score (nSPS) is 20.8. The van der Waals surface area contributed by atoms with Crippen LogP contribution < -0.4 is 11.3 Å². The molecular weight excluding hydrogens is 280 g/mol. The summed E-state index contributed by atoms with van der Waals surface area (Å²) in [5.41, 5.74) is 2.36. The Morgan fingerprint density at radius 2 is 2.25 bits per heavy atom. The zero-order chi connectivity index (χ0) is 14.6. The third kappa shape index (κ3) is 3.09. The molecule has 0 radical (unpaired) electrons. The number of piperidine rings is 1. The summed E-state index contributed by atoms with van der Waals surface area (Å²) < 4.78 is 26.7. The van der Waals surface area contributed by atoms with Crippen LogP contribution in [0.1, 0.15) is 25.7 Å². The summed E-state index contributed by atoms with van der Waals surface area (Å²) in [4.78, 5) is 4.09. The SMILES string of the molecule is NNc1ccc(S(=O)(=O)N2CCCCC2CCO)cn1. The van der Waals surface area contributed by atoms with Gasteiger partial charge in [-0.05, 0) is 31.4 Å². The highest BCUT2D eigenvalue weighted by molar-refractivity contribution is 7.89. The summed E-state index contributed by atoms with van der Waals surface area (Å²) >= 11 is 0. The molecular formula is C12H20N4O3S. The number of pyridine rings is 1. The van der Waals surface area contributed by atoms with Gasteiger partial charge in [-0.15, -0.1) is 0 Å². The molecule has 0 saturated carbocycles. The number of sulfonamides is 1. The van der Waals surface area contributed by atoms with Gasteiger partial charge in [-0.3, -0.25) is 0 Å². The monoisotopic (exact) mass is 300 g/mol. The average Bonchev–Trinajstić information content (AvgIpc) is 2.48. The van der Waals surface area contributed by atoms with Gasteiger partial charge in [0.05, 0.1) is 0 Å². The minimum absolute atomic E-state index is 0.00896. The fraction of sp³-hybridized carbons (Fsp3) is 0.583. The van der Waals surface area contributed by atoms with Crippen molar-refractivity contribution in [1.29, 1.82) is 0 Å². The lowest BCUT2D eigenvalue weighted by Gasteiger charge is -2.34. The topological polar surface area (TPSA) is 109 Å². The van der Waals surface area contributed by atoms with Gasteiger partial charge >= 0.3 is 0 Å². The lowest BCUT2D eigenvalue weighted by Crippen LogP contribution is -2.44. The maximum absolute atomic E-state index is 12.6. The van der Waals surface area contributed by atoms with Gasteiger partial charge in [0.1, 0.15) is 10.7 Å². The predicted octanol–water partition coefficient (Wildman–Crippen LogP) is 0.293. The quantitative estimate of drug-likeness (QED) is 0.533. The first kappa shape index (κ1) is 15.2. The fourth-order valence-electron chi connectivity index (χ4n) is 2.48. The van der Waals surface area contributed by atoms with E-state index in [-0.39, 0.29) is 17.5 Å². The molecule has 0 spiro atoms. The molecule has 1 saturated heterocycles. The summed E-state index contributed by atoms with van der Waals surface area (Å²) in [5, 5.41) is 9.08. The molecule has 1 aliphatic rings. The molecule has 0 amide bonds. The van der Waals surface area contributed by atoms with Gasteiger partial charge in [0, 0.05) is 25.4 Å². The van der Waals surface area contributed by atoms with E-state index in [1.165, 1.54) is 22.6 Å². The van der Waals surface area contributed by atoms with Crippen molar-refractivity contribution in [3.8, 4) is 0 Å². The maximum Gasteiger partial charge on any atom is 0.244 e. The highest BCUT2D eigenvalue weighted by Crippen LogP contribution is 2.26. The largest absolute Gasteiger partial charge is 0.396 e. The van der Waals surface area contributed by atoms with Crippen molar-refractivity contribution >= 4 is 15.8 Å². The first-order valence-electron chi connectivity index (χ1n) is 6.65. The van der Waals surface area contributed by atoms with Crippen molar-refractivity contribution in [3.63, 3.8) is 0 Å². The first-order chi connectivity index (χ1) is 9.59. The zero-order valence-electron chi connectivity index (χ0n) is 11.2. The second-order valence-electron chi connectivity index (χ2n) is 4.80. The molecule has 0 bridgehead atoms. The Hall–Kier alpha value is -1.22. The second kappa shape index (κ2) is 6.49. The molecule has 4 N–H and O–H groups in total. The molecule has 1 fully saturated rings. The van der Waals surface area contributed by atoms with Crippen molar-refractivity contribution in [1.82, 2.24) is 9.29 Å². The molecule has 1 atom stereocenters. The fourth-order valence-corrected chi connectivity index (χ4v) is 4.15. The van der Waals surface area contributed by atoms with Gasteiger partial charge < -0.3 is 10.5 Å². The van der Waals surface area contributed by atoms with Gasteiger partial charge in [0.2, 0.25) is 10.0 Å². The lowest BCUT2D eigenvalue weighted by atomic mass is 10.0. The van der Waals surface area contributed by atoms with Gasteiger partial charge in [0.15, 0.2) is 0 Å². The Bertz CT molecular complexity index is 530. The van der Waals surface area contributed by atoms with Crippen LogP contribution in [0, 0.1) is 0 Å². The summed E-state index contributed by atoms with van der Waals surface area (Å²) in [5.74, 6) is 5.62. The second-order valence-corrected chi connectivity index (χ2v) is 6.69. The Morgan fingerprint density at radius 3 is 2.85 bits per heavy atom. The molecule has 1 aromatic heterocycles. The Balaban J connectivity index is 2.26. The van der Waals surface area contributed by atoms with E-state index >= 15 is 0 Å². The van der Waals surface area contributed by atoms with Crippen LogP contribution in [0.15, 0.2) is 23.2 Å². The van der Waals surface area contributed by atoms with Crippen molar-refractivity contribution in [2.45, 2.75) is 36.6 Å². The number of hydrazine groups is 1. The molecule has 20 heavy (non-hydrogen) atoms. The van der Waals surface area contributed by atoms with Crippen LogP contribution in [-0.4, -0.2) is 42.0 Å². The van der Waals surface area contributed by atoms with Crippen LogP contribution >= 0.6 is 0 Å². The smallest absolute Gasteiger partial charge is 0.244 e. The molecule has 2 heterocycles. The summed E-state index contributed by atoms with van der Waals surface area (Å²) in [6.07, 6.45) is 4.39. The van der Waals surface area contributed by atoms with Crippen LogP contribution in [0.4, 0.5) is 5.82 Å². The molecule has 7 nitrogen and oxygen atoms in total. The maximum atomic E-state index is 12.6. The van der Waals surface area contributed by atoms with E-state index in [1.807, 2.05) is 0 Å². The summed E-state index contributed by atoms with van der Waals surface area (Å²) in [6, 6.07) is 2.88. The highest BCUT2D eigenvalue weighted by atomic mass is 32.2. The van der Waals surface area contributed by atoms with Crippen LogP contribution in [0.3, 0.4) is 0 Å². The van der Waals surface area contributed by atoms with E-state index in [2.05, 4.69) is 10.4 Å². The molecule has 1 aromatic rings. The third-order valence-corrected chi connectivity index (χ3v) is 5.46. The number of anilines is 1. The van der Waals surface area contributed by atoms with E-state index in [1.54, 1.807) is 0 Å². The zero-order valence-corrected chi connectivity index (χ0v) is 12.0. The lowest BCUT2D eigenvalue weighted by molar-refractivity contribution is 0.192. The van der Waals surface area contributed by atoms with E-state index < -0.39 is 10.0 Å². The molecule has 8 heteroatoms. The van der Waals surface area contributed by atoms with Crippen molar-refractivity contribution < 1.29 is 13.5 Å². The van der Waals surface area contributed by atoms with Crippen molar-refractivity contribution in [3.05, 3.63) is 18.3 Å². The number of aromatic nitrogens is 1. The van der Waals surface area contributed by atoms with Crippen molar-refractivity contribution in [2.24, 2.45) is 5.84 Å². The minimum atomic E-state index is -3.57. The van der Waals surface area contributed by atoms with Gasteiger partial charge in [-0.25, -0.2) is 19.2 Å². The number of nitrogens with one attached hydrogen (secondary N) is 1. The van der Waals surface area contributed by atoms with Gasteiger partial charge in [-0.1, -0.05) is 6.42 Å². The number of hydrogen-bond acceptors (Lipinski definition) is 6. The van der Waals surface area contributed by atoms with E-state index in [9.17, 15) is 8.42 Å². The highest BCUT2D eigenvalue weighted by Gasteiger charge is 2.33. The predicted molar refractivity (Wildman–Crippen MR) is 75.3 cm³/mol. The van der Waals surface area contributed by atoms with E-state index in [0.717, 1.165) is 19.3 Å². The average molecular weight is 300 g/mol. The summed E-state index contributed by atoms with van der Waals surface area (Å²) in [7, 11) is -3.57. The summed E-state index contributed by atoms with van der Waals surface area (Å²) in [6.45, 7) is 0.481. The molecule has 0 aliphatic carbocycles. The number of aliphatic hydroxyl groups is 1. The standard InChI is InChI=1S/C12H20N4O3S/c13-15-12-5-4-11(9-14-12)20(18,19)16-7-2-1-3-10(16)6-8-17/h4-5,9-10,17H,1-3,6-8,13H2,(H,14,15). The number of aliphatic hydroxyl groups excluding tert-OH is 1. The number of nitrogen functional groups attached to an aromatic ring is 1. The van der Waals surface area contributed by atoms with Crippen LogP contribution in [0.2, 0.25) is 0 Å². The number of nitrogens with two attached hydrogens (primary N) is 1. The minimum Gasteiger partial charge on any atom is -0.396 e. The molecule has 0 aromatic carbocycles. The van der Waals surface area contributed by atoms with Gasteiger partial charge in [0.25, 0.3) is 0 Å². The van der Waals surface area contributed by atoms with E-state index in [4.69, 9.17) is 10.9 Å². The molecule has 112 valence electrons. The Morgan fingerprint density at radius 1 is 1.45 bits per heavy atom. The first-order valence-corrected chi connectivity index (χ1v) is 8.09. The van der Waals surface area contributed by atoms with Crippen LogP contribution in [-0.2, 0) is 10.0 Å². The van der Waals surface area contributed by atoms with Gasteiger partial charge in [-0.2, -0.15) is 4.31 Å². The van der Waals surface area contributed by atoms with Crippen LogP contribution in [0.5, 0.6) is 0 Å². The van der Waals surface area contributed by atoms with Crippen LogP contribution in [0.25, 0.3) is 0 Å². The number of hydrogen-bond donors (Lipinski definition) is 3. The Labute approximate surface area is 118 Å². The molecule has 1 unspecified atom stereocenters. The molecule has 2 rings (SSSR count). The third-order valence-electron chi connectivity index (χ3n) is 3.53.